The van der Waals surface area contributed by atoms with E-state index in [-0.39, 0.29) is 12.2 Å². The van der Waals surface area contributed by atoms with Crippen LogP contribution in [-0.4, -0.2) is 18.8 Å². The minimum atomic E-state index is -0.645. The Morgan fingerprint density at radius 3 is 2.62 bits per heavy atom. The summed E-state index contributed by atoms with van der Waals surface area (Å²) in [4.78, 5) is 0. The molecule has 2 N–H and O–H groups in total. The number of aliphatic hydroxyl groups excluding tert-OH is 1. The summed E-state index contributed by atoms with van der Waals surface area (Å²) in [6.45, 7) is -0.223. The summed E-state index contributed by atoms with van der Waals surface area (Å²) in [6, 6.07) is 2.80. The van der Waals surface area contributed by atoms with E-state index in [0.717, 1.165) is 6.07 Å². The van der Waals surface area contributed by atoms with Gasteiger partial charge in [-0.05, 0) is 13.1 Å². The second-order valence-corrected chi connectivity index (χ2v) is 2.69. The maximum absolute atomic E-state index is 13.1. The molecule has 1 aromatic carbocycles. The topological polar surface area (TPSA) is 32.3 Å². The molecule has 0 unspecified atom stereocenters. The van der Waals surface area contributed by atoms with Crippen LogP contribution in [0.2, 0.25) is 0 Å². The van der Waals surface area contributed by atoms with Gasteiger partial charge in [0.2, 0.25) is 0 Å². The van der Waals surface area contributed by atoms with Gasteiger partial charge in [0.1, 0.15) is 11.6 Å². The molecule has 0 saturated heterocycles. The Hall–Kier alpha value is -1.00. The number of rotatable bonds is 3. The molecule has 0 aliphatic rings. The van der Waals surface area contributed by atoms with E-state index in [1.165, 1.54) is 12.1 Å². The lowest BCUT2D eigenvalue weighted by Crippen LogP contribution is -2.21. The normalized spacial score (nSPS) is 12.9. The number of benzene rings is 1. The van der Waals surface area contributed by atoms with Crippen molar-refractivity contribution in [2.45, 2.75) is 6.04 Å². The quantitative estimate of drug-likeness (QED) is 0.745. The molecular formula is C9H11F2NO. The highest BCUT2D eigenvalue weighted by molar-refractivity contribution is 5.22. The van der Waals surface area contributed by atoms with Crippen molar-refractivity contribution in [1.82, 2.24) is 5.32 Å². The maximum Gasteiger partial charge on any atom is 0.130 e. The van der Waals surface area contributed by atoms with E-state index in [1.54, 1.807) is 7.05 Å². The molecule has 0 heterocycles. The van der Waals surface area contributed by atoms with Gasteiger partial charge in [-0.1, -0.05) is 6.07 Å². The Labute approximate surface area is 75.2 Å². The molecule has 0 aliphatic carbocycles. The summed E-state index contributed by atoms with van der Waals surface area (Å²) in [6.07, 6.45) is 0. The SMILES string of the molecule is CN[C@@H](CO)c1ccc(F)cc1F. The fourth-order valence-electron chi connectivity index (χ4n) is 1.13. The summed E-state index contributed by atoms with van der Waals surface area (Å²) in [5.74, 6) is -1.26. The fraction of sp³-hybridized carbons (Fsp3) is 0.333. The lowest BCUT2D eigenvalue weighted by molar-refractivity contribution is 0.248. The van der Waals surface area contributed by atoms with Crippen molar-refractivity contribution in [1.29, 1.82) is 0 Å². The first-order valence-electron chi connectivity index (χ1n) is 3.92. The molecule has 72 valence electrons. The van der Waals surface area contributed by atoms with Crippen LogP contribution in [0.4, 0.5) is 8.78 Å². The first-order chi connectivity index (χ1) is 6.19. The molecule has 1 atom stereocenters. The predicted molar refractivity (Wildman–Crippen MR) is 45.2 cm³/mol. The van der Waals surface area contributed by atoms with Crippen molar-refractivity contribution >= 4 is 0 Å². The molecule has 0 saturated carbocycles. The number of hydrogen-bond acceptors (Lipinski definition) is 2. The summed E-state index contributed by atoms with van der Waals surface area (Å²) in [7, 11) is 1.60. The second kappa shape index (κ2) is 4.30. The highest BCUT2D eigenvalue weighted by Crippen LogP contribution is 2.16. The van der Waals surface area contributed by atoms with Crippen LogP contribution in [-0.2, 0) is 0 Å². The van der Waals surface area contributed by atoms with Crippen molar-refractivity contribution in [2.75, 3.05) is 13.7 Å². The van der Waals surface area contributed by atoms with Crippen LogP contribution in [0.3, 0.4) is 0 Å². The van der Waals surface area contributed by atoms with Gasteiger partial charge in [0.15, 0.2) is 0 Å². The molecule has 0 bridgehead atoms. The Morgan fingerprint density at radius 1 is 1.46 bits per heavy atom. The molecule has 4 heteroatoms. The fourth-order valence-corrected chi connectivity index (χ4v) is 1.13. The predicted octanol–water partition coefficient (Wildman–Crippen LogP) is 1.22. The van der Waals surface area contributed by atoms with Crippen LogP contribution >= 0.6 is 0 Å². The maximum atomic E-state index is 13.1. The van der Waals surface area contributed by atoms with Gasteiger partial charge in [-0.2, -0.15) is 0 Å². The van der Waals surface area contributed by atoms with Crippen LogP contribution in [0.1, 0.15) is 11.6 Å². The molecule has 1 rings (SSSR count). The molecule has 1 aromatic rings. The Morgan fingerprint density at radius 2 is 2.15 bits per heavy atom. The largest absolute Gasteiger partial charge is 0.394 e. The van der Waals surface area contributed by atoms with Crippen LogP contribution in [0, 0.1) is 11.6 Å². The smallest absolute Gasteiger partial charge is 0.130 e. The Balaban J connectivity index is 2.99. The first kappa shape index (κ1) is 10.1. The minimum Gasteiger partial charge on any atom is -0.394 e. The summed E-state index contributed by atoms with van der Waals surface area (Å²) in [5, 5.41) is 11.6. The molecule has 13 heavy (non-hydrogen) atoms. The third kappa shape index (κ3) is 2.23. The number of halogens is 2. The van der Waals surface area contributed by atoms with E-state index in [0.29, 0.717) is 0 Å². The van der Waals surface area contributed by atoms with Crippen LogP contribution in [0.5, 0.6) is 0 Å². The van der Waals surface area contributed by atoms with Crippen molar-refractivity contribution in [3.63, 3.8) is 0 Å². The van der Waals surface area contributed by atoms with E-state index in [9.17, 15) is 8.78 Å². The molecule has 2 nitrogen and oxygen atoms in total. The van der Waals surface area contributed by atoms with E-state index in [2.05, 4.69) is 5.32 Å². The van der Waals surface area contributed by atoms with Crippen molar-refractivity contribution in [3.8, 4) is 0 Å². The highest BCUT2D eigenvalue weighted by atomic mass is 19.1. The average Bonchev–Trinajstić information content (AvgIpc) is 2.10. The average molecular weight is 187 g/mol. The van der Waals surface area contributed by atoms with Gasteiger partial charge in [0.05, 0.1) is 12.6 Å². The molecule has 0 radical (unpaired) electrons. The van der Waals surface area contributed by atoms with Gasteiger partial charge in [-0.25, -0.2) is 8.78 Å². The van der Waals surface area contributed by atoms with E-state index >= 15 is 0 Å². The van der Waals surface area contributed by atoms with Crippen LogP contribution in [0.15, 0.2) is 18.2 Å². The van der Waals surface area contributed by atoms with E-state index in [1.807, 2.05) is 0 Å². The van der Waals surface area contributed by atoms with Gasteiger partial charge in [0, 0.05) is 11.6 Å². The summed E-state index contributed by atoms with van der Waals surface area (Å²) >= 11 is 0. The molecule has 0 amide bonds. The number of nitrogens with one attached hydrogen (secondary N) is 1. The van der Waals surface area contributed by atoms with Crippen molar-refractivity contribution in [3.05, 3.63) is 35.4 Å². The first-order valence-corrected chi connectivity index (χ1v) is 3.92. The van der Waals surface area contributed by atoms with Gasteiger partial charge in [-0.15, -0.1) is 0 Å². The van der Waals surface area contributed by atoms with E-state index in [4.69, 9.17) is 5.11 Å². The van der Waals surface area contributed by atoms with Gasteiger partial charge in [-0.3, -0.25) is 0 Å². The third-order valence-electron chi connectivity index (χ3n) is 1.87. The summed E-state index contributed by atoms with van der Waals surface area (Å²) in [5.41, 5.74) is 0.270. The third-order valence-corrected chi connectivity index (χ3v) is 1.87. The second-order valence-electron chi connectivity index (χ2n) is 2.69. The summed E-state index contributed by atoms with van der Waals surface area (Å²) < 4.78 is 25.6. The zero-order chi connectivity index (χ0) is 9.84. The van der Waals surface area contributed by atoms with Gasteiger partial charge < -0.3 is 10.4 Å². The highest BCUT2D eigenvalue weighted by Gasteiger charge is 2.12. The minimum absolute atomic E-state index is 0.223. The number of aliphatic hydroxyl groups is 1. The molecule has 0 aromatic heterocycles. The lowest BCUT2D eigenvalue weighted by Gasteiger charge is -2.13. The van der Waals surface area contributed by atoms with Crippen LogP contribution < -0.4 is 5.32 Å². The number of hydrogen-bond donors (Lipinski definition) is 2. The molecular weight excluding hydrogens is 176 g/mol. The monoisotopic (exact) mass is 187 g/mol. The lowest BCUT2D eigenvalue weighted by atomic mass is 10.1. The number of likely N-dealkylation sites (N-methyl/N-ethyl adjacent to an activating group) is 1. The zero-order valence-corrected chi connectivity index (χ0v) is 7.22. The Bertz CT molecular complexity index is 287. The van der Waals surface area contributed by atoms with Crippen molar-refractivity contribution < 1.29 is 13.9 Å². The zero-order valence-electron chi connectivity index (χ0n) is 7.22. The van der Waals surface area contributed by atoms with E-state index < -0.39 is 17.7 Å². The molecule has 0 fully saturated rings. The van der Waals surface area contributed by atoms with Crippen LogP contribution in [0.25, 0.3) is 0 Å². The van der Waals surface area contributed by atoms with Crippen molar-refractivity contribution in [2.24, 2.45) is 0 Å². The molecule has 0 aliphatic heterocycles. The Kier molecular flexibility index (Phi) is 3.33. The molecule has 0 spiro atoms. The van der Waals surface area contributed by atoms with Gasteiger partial charge >= 0.3 is 0 Å². The standard InChI is InChI=1S/C9H11F2NO/c1-12-9(5-13)7-3-2-6(10)4-8(7)11/h2-4,9,12-13H,5H2,1H3/t9-/m0/s1. The van der Waals surface area contributed by atoms with Gasteiger partial charge in [0.25, 0.3) is 0 Å².